The van der Waals surface area contributed by atoms with Crippen LogP contribution in [-0.4, -0.2) is 21.0 Å². The van der Waals surface area contributed by atoms with E-state index in [-0.39, 0.29) is 11.9 Å². The molecule has 0 atom stereocenters. The van der Waals surface area contributed by atoms with E-state index in [1.807, 2.05) is 13.8 Å². The number of carboxylic acid groups (broad SMARTS) is 1. The van der Waals surface area contributed by atoms with Gasteiger partial charge in [-0.05, 0) is 11.5 Å². The van der Waals surface area contributed by atoms with Crippen LogP contribution in [0.1, 0.15) is 35.0 Å². The Morgan fingerprint density at radius 1 is 1.56 bits per heavy atom. The summed E-state index contributed by atoms with van der Waals surface area (Å²) >= 11 is 1.14. The number of hydrogen-bond acceptors (Lipinski definition) is 5. The van der Waals surface area contributed by atoms with Crippen LogP contribution in [0.2, 0.25) is 0 Å². The minimum atomic E-state index is -0.926. The summed E-state index contributed by atoms with van der Waals surface area (Å²) in [6.45, 7) is 3.90. The van der Waals surface area contributed by atoms with Gasteiger partial charge in [0.1, 0.15) is 9.71 Å². The van der Waals surface area contributed by atoms with Gasteiger partial charge in [0.25, 0.3) is 0 Å². The van der Waals surface area contributed by atoms with Gasteiger partial charge in [-0.25, -0.2) is 14.8 Å². The average molecular weight is 237 g/mol. The monoisotopic (exact) mass is 237 g/mol. The first-order valence-electron chi connectivity index (χ1n) is 4.79. The van der Waals surface area contributed by atoms with Crippen molar-refractivity contribution in [2.45, 2.75) is 19.8 Å². The number of aromatic nitrogens is 2. The molecule has 5 nitrogen and oxygen atoms in total. The molecule has 2 rings (SSSR count). The molecule has 0 unspecified atom stereocenters. The van der Waals surface area contributed by atoms with E-state index >= 15 is 0 Å². The number of rotatable bonds is 2. The first kappa shape index (κ1) is 10.8. The van der Waals surface area contributed by atoms with E-state index in [1.165, 1.54) is 0 Å². The Morgan fingerprint density at radius 3 is 2.81 bits per heavy atom. The predicted octanol–water partition coefficient (Wildman–Crippen LogP) is 2.10. The normalized spacial score (nSPS) is 11.2. The number of carbonyl (C=O) groups is 1. The molecule has 6 heteroatoms. The lowest BCUT2D eigenvalue weighted by Gasteiger charge is -2.04. The third kappa shape index (κ3) is 1.61. The Bertz CT molecular complexity index is 562. The third-order valence-corrected chi connectivity index (χ3v) is 3.38. The number of aromatic carboxylic acids is 1. The maximum atomic E-state index is 11.1. The quantitative estimate of drug-likeness (QED) is 0.834. The summed E-state index contributed by atoms with van der Waals surface area (Å²) < 4.78 is 0. The zero-order chi connectivity index (χ0) is 11.9. The topological polar surface area (TPSA) is 89.1 Å². The first-order valence-corrected chi connectivity index (χ1v) is 5.60. The van der Waals surface area contributed by atoms with E-state index in [9.17, 15) is 4.79 Å². The Balaban J connectivity index is 2.81. The summed E-state index contributed by atoms with van der Waals surface area (Å²) in [5.74, 6) is -0.640. The minimum Gasteiger partial charge on any atom is -0.477 e. The van der Waals surface area contributed by atoms with Gasteiger partial charge in [0.2, 0.25) is 5.95 Å². The second-order valence-corrected chi connectivity index (χ2v) is 4.75. The highest BCUT2D eigenvalue weighted by atomic mass is 32.1. The Hall–Kier alpha value is -1.69. The fourth-order valence-electron chi connectivity index (χ4n) is 1.65. The Morgan fingerprint density at radius 2 is 2.25 bits per heavy atom. The molecule has 0 saturated carbocycles. The van der Waals surface area contributed by atoms with Crippen LogP contribution in [-0.2, 0) is 0 Å². The van der Waals surface area contributed by atoms with Crippen molar-refractivity contribution in [3.63, 3.8) is 0 Å². The number of nitrogens with two attached hydrogens (primary N) is 1. The van der Waals surface area contributed by atoms with Crippen LogP contribution in [0.4, 0.5) is 5.95 Å². The summed E-state index contributed by atoms with van der Waals surface area (Å²) in [6.07, 6.45) is 1.59. The van der Waals surface area contributed by atoms with Gasteiger partial charge in [-0.15, -0.1) is 11.3 Å². The number of hydrogen-bond donors (Lipinski definition) is 2. The minimum absolute atomic E-state index is 0.118. The highest BCUT2D eigenvalue weighted by Crippen LogP contribution is 2.34. The number of anilines is 1. The molecule has 16 heavy (non-hydrogen) atoms. The molecule has 0 aliphatic heterocycles. The van der Waals surface area contributed by atoms with E-state index in [4.69, 9.17) is 10.8 Å². The molecule has 0 aromatic carbocycles. The highest BCUT2D eigenvalue weighted by molar-refractivity contribution is 7.20. The van der Waals surface area contributed by atoms with Crippen LogP contribution >= 0.6 is 11.3 Å². The van der Waals surface area contributed by atoms with Gasteiger partial charge in [-0.3, -0.25) is 0 Å². The summed E-state index contributed by atoms with van der Waals surface area (Å²) in [6, 6.07) is 0. The Labute approximate surface area is 95.9 Å². The van der Waals surface area contributed by atoms with Crippen molar-refractivity contribution in [1.29, 1.82) is 0 Å². The molecule has 0 saturated heterocycles. The lowest BCUT2D eigenvalue weighted by molar-refractivity contribution is 0.0701. The van der Waals surface area contributed by atoms with Crippen molar-refractivity contribution in [2.75, 3.05) is 5.73 Å². The zero-order valence-electron chi connectivity index (χ0n) is 8.89. The highest BCUT2D eigenvalue weighted by Gasteiger charge is 2.20. The van der Waals surface area contributed by atoms with Crippen LogP contribution in [0.5, 0.6) is 0 Å². The van der Waals surface area contributed by atoms with Crippen molar-refractivity contribution in [3.8, 4) is 0 Å². The number of nitrogen functional groups attached to an aromatic ring is 1. The van der Waals surface area contributed by atoms with Gasteiger partial charge in [0, 0.05) is 11.6 Å². The standard InChI is InChI=1S/C10H11N3O2S/c1-4(2)6-5-3-12-10(11)13-8(5)16-7(6)9(14)15/h3-4H,1-2H3,(H,14,15)(H2,11,12,13). The van der Waals surface area contributed by atoms with Crippen molar-refractivity contribution in [1.82, 2.24) is 9.97 Å². The zero-order valence-corrected chi connectivity index (χ0v) is 9.71. The second kappa shape index (κ2) is 3.71. The molecule has 0 amide bonds. The van der Waals surface area contributed by atoms with E-state index in [0.29, 0.717) is 9.71 Å². The van der Waals surface area contributed by atoms with Gasteiger partial charge in [-0.2, -0.15) is 0 Å². The van der Waals surface area contributed by atoms with Crippen molar-refractivity contribution >= 4 is 33.5 Å². The molecule has 84 valence electrons. The number of thiophene rings is 1. The lowest BCUT2D eigenvalue weighted by Crippen LogP contribution is -1.99. The first-order chi connectivity index (χ1) is 7.50. The molecule has 0 aliphatic rings. The fraction of sp³-hybridized carbons (Fsp3) is 0.300. The molecule has 2 heterocycles. The largest absolute Gasteiger partial charge is 0.477 e. The van der Waals surface area contributed by atoms with E-state index in [1.54, 1.807) is 6.20 Å². The Kier molecular flexibility index (Phi) is 2.51. The second-order valence-electron chi connectivity index (χ2n) is 3.75. The molecular weight excluding hydrogens is 226 g/mol. The van der Waals surface area contributed by atoms with E-state index in [2.05, 4.69) is 9.97 Å². The van der Waals surface area contributed by atoms with Gasteiger partial charge in [-0.1, -0.05) is 13.8 Å². The summed E-state index contributed by atoms with van der Waals surface area (Å²) in [5.41, 5.74) is 6.26. The summed E-state index contributed by atoms with van der Waals surface area (Å²) in [4.78, 5) is 20.0. The van der Waals surface area contributed by atoms with E-state index < -0.39 is 5.97 Å². The van der Waals surface area contributed by atoms with Crippen molar-refractivity contribution in [3.05, 3.63) is 16.6 Å². The molecule has 3 N–H and O–H groups in total. The van der Waals surface area contributed by atoms with Gasteiger partial charge in [0.05, 0.1) is 0 Å². The van der Waals surface area contributed by atoms with Crippen LogP contribution in [0.15, 0.2) is 6.20 Å². The number of fused-ring (bicyclic) bond motifs is 1. The number of carboxylic acids is 1. The van der Waals surface area contributed by atoms with Crippen LogP contribution in [0.3, 0.4) is 0 Å². The van der Waals surface area contributed by atoms with Crippen molar-refractivity contribution < 1.29 is 9.90 Å². The maximum Gasteiger partial charge on any atom is 0.346 e. The van der Waals surface area contributed by atoms with Crippen LogP contribution < -0.4 is 5.73 Å². The number of nitrogens with zero attached hydrogens (tertiary/aromatic N) is 2. The van der Waals surface area contributed by atoms with Crippen molar-refractivity contribution in [2.24, 2.45) is 0 Å². The van der Waals surface area contributed by atoms with Crippen LogP contribution in [0, 0.1) is 0 Å². The lowest BCUT2D eigenvalue weighted by atomic mass is 10.0. The molecule has 0 fully saturated rings. The predicted molar refractivity (Wildman–Crippen MR) is 62.9 cm³/mol. The van der Waals surface area contributed by atoms with Gasteiger partial charge < -0.3 is 10.8 Å². The summed E-state index contributed by atoms with van der Waals surface area (Å²) in [5, 5.41) is 9.90. The van der Waals surface area contributed by atoms with Gasteiger partial charge >= 0.3 is 5.97 Å². The molecule has 0 bridgehead atoms. The fourth-order valence-corrected chi connectivity index (χ4v) is 2.80. The third-order valence-electron chi connectivity index (χ3n) is 2.28. The smallest absolute Gasteiger partial charge is 0.346 e. The SMILES string of the molecule is CC(C)c1c(C(=O)O)sc2nc(N)ncc12. The molecule has 0 spiro atoms. The van der Waals surface area contributed by atoms with Crippen LogP contribution in [0.25, 0.3) is 10.2 Å². The van der Waals surface area contributed by atoms with Gasteiger partial charge in [0.15, 0.2) is 0 Å². The summed E-state index contributed by atoms with van der Waals surface area (Å²) in [7, 11) is 0. The molecule has 2 aromatic heterocycles. The maximum absolute atomic E-state index is 11.1. The van der Waals surface area contributed by atoms with E-state index in [0.717, 1.165) is 22.3 Å². The molecule has 0 radical (unpaired) electrons. The molecule has 2 aromatic rings. The molecule has 0 aliphatic carbocycles. The average Bonchev–Trinajstić information content (AvgIpc) is 2.55. The molecular formula is C10H11N3O2S.